The van der Waals surface area contributed by atoms with Crippen molar-refractivity contribution in [2.75, 3.05) is 6.54 Å². The maximum atomic E-state index is 11.9. The van der Waals surface area contributed by atoms with E-state index in [0.717, 1.165) is 5.69 Å². The van der Waals surface area contributed by atoms with Crippen LogP contribution in [0, 0.1) is 6.92 Å². The predicted molar refractivity (Wildman–Crippen MR) is 64.2 cm³/mol. The minimum absolute atomic E-state index is 0.171. The molecule has 0 atom stereocenters. The van der Waals surface area contributed by atoms with E-state index in [-0.39, 0.29) is 18.4 Å². The average Bonchev–Trinajstić information content (AvgIpc) is 2.98. The lowest BCUT2D eigenvalue weighted by Gasteiger charge is -2.02. The van der Waals surface area contributed by atoms with E-state index in [0.29, 0.717) is 24.4 Å². The van der Waals surface area contributed by atoms with Crippen LogP contribution in [-0.4, -0.2) is 37.5 Å². The highest BCUT2D eigenvalue weighted by Gasteiger charge is 2.12. The molecule has 0 aliphatic rings. The van der Waals surface area contributed by atoms with Gasteiger partial charge in [-0.05, 0) is 6.92 Å². The lowest BCUT2D eigenvalue weighted by Crippen LogP contribution is -2.26. The number of aliphatic hydroxyl groups excluding tert-OH is 1. The first-order valence-corrected chi connectivity index (χ1v) is 5.81. The van der Waals surface area contributed by atoms with Gasteiger partial charge < -0.3 is 14.9 Å². The van der Waals surface area contributed by atoms with Crippen LogP contribution >= 0.6 is 0 Å². The van der Waals surface area contributed by atoms with Crippen LogP contribution in [-0.2, 0) is 20.1 Å². The number of carbonyl (C=O) groups is 1. The SMILES string of the molecule is Cc1c(C(=O)NCCc2noc(CO)n2)cnn1C. The number of rotatable bonds is 5. The quantitative estimate of drug-likeness (QED) is 0.760. The standard InChI is InChI=1S/C11H15N5O3/c1-7-8(5-13-16(7)2)11(18)12-4-3-9-14-10(6-17)19-15-9/h5,17H,3-4,6H2,1-2H3,(H,12,18). The number of hydrogen-bond acceptors (Lipinski definition) is 6. The molecule has 1 amide bonds. The largest absolute Gasteiger partial charge is 0.387 e. The van der Waals surface area contributed by atoms with Gasteiger partial charge >= 0.3 is 0 Å². The van der Waals surface area contributed by atoms with Gasteiger partial charge in [-0.25, -0.2) is 0 Å². The zero-order valence-corrected chi connectivity index (χ0v) is 10.8. The number of nitrogens with one attached hydrogen (secondary N) is 1. The molecule has 0 aromatic carbocycles. The van der Waals surface area contributed by atoms with Gasteiger partial charge in [0, 0.05) is 25.7 Å². The number of aliphatic hydroxyl groups is 1. The summed E-state index contributed by atoms with van der Waals surface area (Å²) >= 11 is 0. The third-order valence-electron chi connectivity index (χ3n) is 2.76. The van der Waals surface area contributed by atoms with Crippen LogP contribution in [0.1, 0.15) is 27.8 Å². The summed E-state index contributed by atoms with van der Waals surface area (Å²) in [6.07, 6.45) is 1.97. The lowest BCUT2D eigenvalue weighted by molar-refractivity contribution is 0.0953. The van der Waals surface area contributed by atoms with Gasteiger partial charge in [0.05, 0.1) is 11.8 Å². The maximum Gasteiger partial charge on any atom is 0.254 e. The highest BCUT2D eigenvalue weighted by atomic mass is 16.5. The van der Waals surface area contributed by atoms with Crippen LogP contribution in [0.2, 0.25) is 0 Å². The molecule has 8 nitrogen and oxygen atoms in total. The van der Waals surface area contributed by atoms with E-state index in [1.165, 1.54) is 6.20 Å². The van der Waals surface area contributed by atoms with Crippen molar-refractivity contribution in [1.29, 1.82) is 0 Å². The van der Waals surface area contributed by atoms with Gasteiger partial charge in [-0.15, -0.1) is 0 Å². The number of carbonyl (C=O) groups excluding carboxylic acids is 1. The normalized spacial score (nSPS) is 10.7. The van der Waals surface area contributed by atoms with Gasteiger partial charge in [0.15, 0.2) is 5.82 Å². The molecule has 102 valence electrons. The molecule has 0 aliphatic heterocycles. The molecule has 2 rings (SSSR count). The van der Waals surface area contributed by atoms with Crippen molar-refractivity contribution in [2.24, 2.45) is 7.05 Å². The first-order valence-electron chi connectivity index (χ1n) is 5.81. The summed E-state index contributed by atoms with van der Waals surface area (Å²) in [7, 11) is 1.78. The van der Waals surface area contributed by atoms with Crippen LogP contribution in [0.5, 0.6) is 0 Å². The molecule has 2 aromatic heterocycles. The van der Waals surface area contributed by atoms with Crippen LogP contribution in [0.15, 0.2) is 10.7 Å². The van der Waals surface area contributed by atoms with E-state index in [9.17, 15) is 4.79 Å². The third kappa shape index (κ3) is 2.97. The van der Waals surface area contributed by atoms with Crippen molar-refractivity contribution < 1.29 is 14.4 Å². The van der Waals surface area contributed by atoms with Gasteiger partial charge in [-0.1, -0.05) is 5.16 Å². The molecule has 0 saturated carbocycles. The summed E-state index contributed by atoms with van der Waals surface area (Å²) in [5, 5.41) is 19.2. The third-order valence-corrected chi connectivity index (χ3v) is 2.76. The molecule has 0 unspecified atom stereocenters. The minimum Gasteiger partial charge on any atom is -0.387 e. The van der Waals surface area contributed by atoms with E-state index in [4.69, 9.17) is 9.63 Å². The molecule has 0 fully saturated rings. The molecule has 0 radical (unpaired) electrons. The Bertz CT molecular complexity index is 575. The Kier molecular flexibility index (Phi) is 3.91. The van der Waals surface area contributed by atoms with Crippen molar-refractivity contribution >= 4 is 5.91 Å². The summed E-state index contributed by atoms with van der Waals surface area (Å²) in [5.41, 5.74) is 1.35. The molecule has 0 saturated heterocycles. The summed E-state index contributed by atoms with van der Waals surface area (Å²) < 4.78 is 6.38. The monoisotopic (exact) mass is 265 g/mol. The molecule has 0 bridgehead atoms. The van der Waals surface area contributed by atoms with Gasteiger partial charge in [0.25, 0.3) is 11.8 Å². The zero-order chi connectivity index (χ0) is 13.8. The summed E-state index contributed by atoms with van der Waals surface area (Å²) in [4.78, 5) is 15.8. The Hall–Kier alpha value is -2.22. The molecule has 0 aliphatic carbocycles. The molecule has 8 heteroatoms. The average molecular weight is 265 g/mol. The van der Waals surface area contributed by atoms with E-state index in [2.05, 4.69) is 20.6 Å². The van der Waals surface area contributed by atoms with E-state index in [1.807, 2.05) is 6.92 Å². The minimum atomic E-state index is -0.283. The summed E-state index contributed by atoms with van der Waals surface area (Å²) in [6.45, 7) is 1.93. The topological polar surface area (TPSA) is 106 Å². The van der Waals surface area contributed by atoms with Crippen LogP contribution in [0.4, 0.5) is 0 Å². The maximum absolute atomic E-state index is 11.9. The highest BCUT2D eigenvalue weighted by molar-refractivity contribution is 5.94. The van der Waals surface area contributed by atoms with Crippen molar-refractivity contribution in [3.8, 4) is 0 Å². The number of nitrogens with zero attached hydrogens (tertiary/aromatic N) is 4. The number of hydrogen-bond donors (Lipinski definition) is 2. The van der Waals surface area contributed by atoms with Gasteiger partial charge in [-0.2, -0.15) is 10.1 Å². The summed E-state index contributed by atoms with van der Waals surface area (Å²) in [6, 6.07) is 0. The molecule has 2 aromatic rings. The first-order chi connectivity index (χ1) is 9.11. The lowest BCUT2D eigenvalue weighted by atomic mass is 10.2. The van der Waals surface area contributed by atoms with Gasteiger partial charge in [-0.3, -0.25) is 9.48 Å². The molecular formula is C11H15N5O3. The van der Waals surface area contributed by atoms with Gasteiger partial charge in [0.1, 0.15) is 6.61 Å². The van der Waals surface area contributed by atoms with Crippen LogP contribution in [0.25, 0.3) is 0 Å². The van der Waals surface area contributed by atoms with Crippen LogP contribution < -0.4 is 5.32 Å². The fourth-order valence-corrected chi connectivity index (χ4v) is 1.56. The van der Waals surface area contributed by atoms with E-state index in [1.54, 1.807) is 11.7 Å². The van der Waals surface area contributed by atoms with Crippen LogP contribution in [0.3, 0.4) is 0 Å². The number of aromatic nitrogens is 4. The molecule has 0 spiro atoms. The predicted octanol–water partition coefficient (Wildman–Crippen LogP) is -0.424. The van der Waals surface area contributed by atoms with Crippen molar-refractivity contribution in [1.82, 2.24) is 25.2 Å². The molecule has 19 heavy (non-hydrogen) atoms. The molecular weight excluding hydrogens is 250 g/mol. The second kappa shape index (κ2) is 5.61. The number of aryl methyl sites for hydroxylation is 1. The van der Waals surface area contributed by atoms with Gasteiger partial charge in [0.2, 0.25) is 0 Å². The number of amides is 1. The Labute approximate surface area is 109 Å². The Morgan fingerprint density at radius 3 is 2.95 bits per heavy atom. The first kappa shape index (κ1) is 13.2. The Balaban J connectivity index is 1.85. The fraction of sp³-hybridized carbons (Fsp3) is 0.455. The Morgan fingerprint density at radius 1 is 1.58 bits per heavy atom. The molecule has 2 N–H and O–H groups in total. The smallest absolute Gasteiger partial charge is 0.254 e. The molecule has 2 heterocycles. The van der Waals surface area contributed by atoms with Crippen molar-refractivity contribution in [3.63, 3.8) is 0 Å². The van der Waals surface area contributed by atoms with E-state index < -0.39 is 0 Å². The zero-order valence-electron chi connectivity index (χ0n) is 10.8. The second-order valence-corrected chi connectivity index (χ2v) is 4.04. The van der Waals surface area contributed by atoms with Crippen molar-refractivity contribution in [3.05, 3.63) is 29.2 Å². The fourth-order valence-electron chi connectivity index (χ4n) is 1.56. The second-order valence-electron chi connectivity index (χ2n) is 4.04. The van der Waals surface area contributed by atoms with E-state index >= 15 is 0 Å². The summed E-state index contributed by atoms with van der Waals surface area (Å²) in [5.74, 6) is 0.438. The van der Waals surface area contributed by atoms with Crippen molar-refractivity contribution in [2.45, 2.75) is 20.0 Å². The highest BCUT2D eigenvalue weighted by Crippen LogP contribution is 2.05. The Morgan fingerprint density at radius 2 is 2.37 bits per heavy atom.